The number of nitrogens with one attached hydrogen (secondary N) is 1. The molecule has 1 N–H and O–H groups in total. The zero-order chi connectivity index (χ0) is 19.7. The molecule has 144 valence electrons. The van der Waals surface area contributed by atoms with E-state index in [9.17, 15) is 0 Å². The Bertz CT molecular complexity index is 1090. The van der Waals surface area contributed by atoms with Gasteiger partial charge in [0, 0.05) is 16.5 Å². The molecule has 0 amide bonds. The Labute approximate surface area is 167 Å². The van der Waals surface area contributed by atoms with Gasteiger partial charge in [-0.2, -0.15) is 0 Å². The summed E-state index contributed by atoms with van der Waals surface area (Å²) in [5.74, 6) is 2.36. The number of hydrogen-bond acceptors (Lipinski definition) is 7. The highest BCUT2D eigenvalue weighted by Crippen LogP contribution is 2.35. The first-order valence-electron chi connectivity index (χ1n) is 9.03. The van der Waals surface area contributed by atoms with Crippen molar-refractivity contribution in [3.63, 3.8) is 0 Å². The van der Waals surface area contributed by atoms with E-state index in [2.05, 4.69) is 47.3 Å². The Hall–Kier alpha value is -2.93. The lowest BCUT2D eigenvalue weighted by atomic mass is 9.94. The van der Waals surface area contributed by atoms with Crippen LogP contribution in [0.2, 0.25) is 0 Å². The fourth-order valence-corrected chi connectivity index (χ4v) is 3.89. The zero-order valence-electron chi connectivity index (χ0n) is 16.3. The third-order valence-corrected chi connectivity index (χ3v) is 5.91. The van der Waals surface area contributed by atoms with Crippen molar-refractivity contribution >= 4 is 27.4 Å². The molecule has 0 bridgehead atoms. The van der Waals surface area contributed by atoms with E-state index in [4.69, 9.17) is 9.26 Å². The van der Waals surface area contributed by atoms with E-state index in [0.29, 0.717) is 6.54 Å². The monoisotopic (exact) mass is 394 g/mol. The summed E-state index contributed by atoms with van der Waals surface area (Å²) in [5.41, 5.74) is 1.85. The van der Waals surface area contributed by atoms with Crippen LogP contribution in [-0.2, 0) is 12.0 Å². The van der Waals surface area contributed by atoms with Gasteiger partial charge in [0.25, 0.3) is 0 Å². The smallest absolute Gasteiger partial charge is 0.156 e. The highest BCUT2D eigenvalue weighted by molar-refractivity contribution is 7.18. The van der Waals surface area contributed by atoms with E-state index >= 15 is 0 Å². The number of nitrogens with zero attached hydrogens (tertiary/aromatic N) is 3. The molecule has 3 heterocycles. The topological polar surface area (TPSA) is 73.1 Å². The second kappa shape index (κ2) is 7.24. The number of rotatable bonds is 5. The molecule has 0 atom stereocenters. The van der Waals surface area contributed by atoms with Gasteiger partial charge in [-0.05, 0) is 35.7 Å². The summed E-state index contributed by atoms with van der Waals surface area (Å²) < 4.78 is 10.7. The number of anilines is 1. The fourth-order valence-electron chi connectivity index (χ4n) is 2.83. The van der Waals surface area contributed by atoms with Crippen molar-refractivity contribution in [3.8, 4) is 17.0 Å². The van der Waals surface area contributed by atoms with Gasteiger partial charge < -0.3 is 14.6 Å². The Morgan fingerprint density at radius 3 is 2.61 bits per heavy atom. The van der Waals surface area contributed by atoms with Gasteiger partial charge in [-0.15, -0.1) is 11.3 Å². The van der Waals surface area contributed by atoms with Crippen molar-refractivity contribution in [3.05, 3.63) is 53.4 Å². The average Bonchev–Trinajstić information content (AvgIpc) is 3.33. The van der Waals surface area contributed by atoms with Gasteiger partial charge in [0.2, 0.25) is 0 Å². The number of hydrogen-bond donors (Lipinski definition) is 1. The third-order valence-electron chi connectivity index (χ3n) is 4.44. The molecule has 0 saturated carbocycles. The first kappa shape index (κ1) is 18.4. The van der Waals surface area contributed by atoms with Crippen molar-refractivity contribution in [1.82, 2.24) is 15.1 Å². The summed E-state index contributed by atoms with van der Waals surface area (Å²) >= 11 is 1.71. The predicted molar refractivity (Wildman–Crippen MR) is 112 cm³/mol. The minimum Gasteiger partial charge on any atom is -0.497 e. The summed E-state index contributed by atoms with van der Waals surface area (Å²) in [4.78, 5) is 11.1. The molecule has 4 rings (SSSR count). The first-order chi connectivity index (χ1) is 13.4. The van der Waals surface area contributed by atoms with Crippen LogP contribution in [0.5, 0.6) is 5.75 Å². The number of thiophene rings is 1. The highest BCUT2D eigenvalue weighted by Gasteiger charge is 2.19. The van der Waals surface area contributed by atoms with Gasteiger partial charge in [0.05, 0.1) is 19.0 Å². The third kappa shape index (κ3) is 3.71. The molecule has 4 aromatic rings. The van der Waals surface area contributed by atoms with Crippen LogP contribution in [0.1, 0.15) is 31.4 Å². The molecule has 0 fully saturated rings. The lowest BCUT2D eigenvalue weighted by molar-refractivity contribution is 0.390. The van der Waals surface area contributed by atoms with E-state index in [1.807, 2.05) is 30.3 Å². The van der Waals surface area contributed by atoms with Gasteiger partial charge in [0.1, 0.15) is 28.4 Å². The van der Waals surface area contributed by atoms with Gasteiger partial charge in [0.15, 0.2) is 5.76 Å². The summed E-state index contributed by atoms with van der Waals surface area (Å²) in [6, 6.07) is 11.8. The van der Waals surface area contributed by atoms with E-state index < -0.39 is 0 Å². The number of aromatic nitrogens is 3. The summed E-state index contributed by atoms with van der Waals surface area (Å²) in [5, 5.41) is 8.55. The van der Waals surface area contributed by atoms with Crippen LogP contribution >= 0.6 is 11.3 Å². The maximum Gasteiger partial charge on any atom is 0.156 e. The molecule has 0 unspecified atom stereocenters. The van der Waals surface area contributed by atoms with Crippen molar-refractivity contribution in [2.24, 2.45) is 0 Å². The molecule has 0 radical (unpaired) electrons. The summed E-state index contributed by atoms with van der Waals surface area (Å²) in [6.45, 7) is 7.10. The number of benzene rings is 1. The SMILES string of the molecule is COc1ccc(-c2cc(CNc3ncnc4sc(C(C)(C)C)cc34)on2)cc1. The van der Waals surface area contributed by atoms with Crippen LogP contribution in [0.3, 0.4) is 0 Å². The van der Waals surface area contributed by atoms with Crippen LogP contribution in [0, 0.1) is 0 Å². The molecule has 0 spiro atoms. The largest absolute Gasteiger partial charge is 0.497 e. The van der Waals surface area contributed by atoms with Crippen LogP contribution in [0.25, 0.3) is 21.5 Å². The predicted octanol–water partition coefficient (Wildman–Crippen LogP) is 5.26. The van der Waals surface area contributed by atoms with Crippen molar-refractivity contribution in [1.29, 1.82) is 0 Å². The Morgan fingerprint density at radius 2 is 1.89 bits per heavy atom. The van der Waals surface area contributed by atoms with Gasteiger partial charge in [-0.3, -0.25) is 0 Å². The Morgan fingerprint density at radius 1 is 1.11 bits per heavy atom. The van der Waals surface area contributed by atoms with Crippen molar-refractivity contribution in [2.75, 3.05) is 12.4 Å². The van der Waals surface area contributed by atoms with E-state index in [1.165, 1.54) is 4.88 Å². The molecular weight excluding hydrogens is 372 g/mol. The fraction of sp³-hybridized carbons (Fsp3) is 0.286. The Balaban J connectivity index is 1.52. The minimum atomic E-state index is 0.0842. The van der Waals surface area contributed by atoms with Gasteiger partial charge >= 0.3 is 0 Å². The molecule has 1 aromatic carbocycles. The minimum absolute atomic E-state index is 0.0842. The van der Waals surface area contributed by atoms with E-state index in [1.54, 1.807) is 24.8 Å². The van der Waals surface area contributed by atoms with Crippen molar-refractivity contribution in [2.45, 2.75) is 32.7 Å². The quantitative estimate of drug-likeness (QED) is 0.497. The number of methoxy groups -OCH3 is 1. The van der Waals surface area contributed by atoms with Crippen LogP contribution in [-0.4, -0.2) is 22.2 Å². The molecular formula is C21H22N4O2S. The molecule has 0 saturated heterocycles. The summed E-state index contributed by atoms with van der Waals surface area (Å²) in [7, 11) is 1.65. The molecule has 0 aliphatic rings. The lowest BCUT2D eigenvalue weighted by Crippen LogP contribution is -2.07. The van der Waals surface area contributed by atoms with E-state index in [-0.39, 0.29) is 5.41 Å². The molecule has 6 nitrogen and oxygen atoms in total. The second-order valence-electron chi connectivity index (χ2n) is 7.56. The Kier molecular flexibility index (Phi) is 4.77. The average molecular weight is 395 g/mol. The normalized spacial score (nSPS) is 11.7. The van der Waals surface area contributed by atoms with Crippen LogP contribution in [0.15, 0.2) is 47.2 Å². The standard InChI is InChI=1S/C21H22N4O2S/c1-21(2,3)18-10-16-19(23-12-24-20(16)28-18)22-11-15-9-17(25-27-15)13-5-7-14(26-4)8-6-13/h5-10,12H,11H2,1-4H3,(H,22,23,24). The summed E-state index contributed by atoms with van der Waals surface area (Å²) in [6.07, 6.45) is 1.59. The number of ether oxygens (including phenoxy) is 1. The maximum absolute atomic E-state index is 5.48. The molecule has 7 heteroatoms. The molecule has 0 aliphatic carbocycles. The first-order valence-corrected chi connectivity index (χ1v) is 9.84. The molecule has 28 heavy (non-hydrogen) atoms. The van der Waals surface area contributed by atoms with Gasteiger partial charge in [-0.25, -0.2) is 9.97 Å². The second-order valence-corrected chi connectivity index (χ2v) is 8.59. The lowest BCUT2D eigenvalue weighted by Gasteiger charge is -2.14. The zero-order valence-corrected chi connectivity index (χ0v) is 17.1. The van der Waals surface area contributed by atoms with Crippen LogP contribution < -0.4 is 10.1 Å². The maximum atomic E-state index is 5.48. The van der Waals surface area contributed by atoms with Crippen LogP contribution in [0.4, 0.5) is 5.82 Å². The number of fused-ring (bicyclic) bond motifs is 1. The highest BCUT2D eigenvalue weighted by atomic mass is 32.1. The van der Waals surface area contributed by atoms with Gasteiger partial charge in [-0.1, -0.05) is 25.9 Å². The molecule has 3 aromatic heterocycles. The van der Waals surface area contributed by atoms with Crippen molar-refractivity contribution < 1.29 is 9.26 Å². The van der Waals surface area contributed by atoms with E-state index in [0.717, 1.165) is 38.8 Å². The molecule has 0 aliphatic heterocycles.